The van der Waals surface area contributed by atoms with Crippen molar-refractivity contribution in [2.45, 2.75) is 31.6 Å². The highest BCUT2D eigenvalue weighted by atomic mass is 79.9. The number of rotatable bonds is 3. The zero-order valence-corrected chi connectivity index (χ0v) is 17.8. The van der Waals surface area contributed by atoms with E-state index < -0.39 is 29.4 Å². The topological polar surface area (TPSA) is 86.2 Å². The number of nitrogens with two attached hydrogens (primary N) is 1. The summed E-state index contributed by atoms with van der Waals surface area (Å²) in [5.41, 5.74) is 5.21. The summed E-state index contributed by atoms with van der Waals surface area (Å²) in [6.45, 7) is 1.63. The molecule has 1 fully saturated rings. The predicted molar refractivity (Wildman–Crippen MR) is 110 cm³/mol. The fourth-order valence-electron chi connectivity index (χ4n) is 3.56. The van der Waals surface area contributed by atoms with Gasteiger partial charge in [0.15, 0.2) is 0 Å². The summed E-state index contributed by atoms with van der Waals surface area (Å²) in [5, 5.41) is 9.47. The Morgan fingerprint density at radius 1 is 1.37 bits per heavy atom. The first kappa shape index (κ1) is 22.1. The Balaban J connectivity index is 2.04. The minimum absolute atomic E-state index is 0.101. The molecule has 2 aromatic rings. The van der Waals surface area contributed by atoms with E-state index >= 15 is 0 Å². The van der Waals surface area contributed by atoms with Crippen LogP contribution in [-0.2, 0) is 11.0 Å². The Bertz CT molecular complexity index is 1000. The van der Waals surface area contributed by atoms with Crippen molar-refractivity contribution >= 4 is 33.3 Å². The van der Waals surface area contributed by atoms with Crippen molar-refractivity contribution in [3.8, 4) is 6.07 Å². The van der Waals surface area contributed by atoms with Gasteiger partial charge in [-0.3, -0.25) is 4.79 Å². The molecule has 1 aliphatic heterocycles. The minimum atomic E-state index is -4.72. The number of pyridine rings is 1. The molecule has 1 saturated heterocycles. The van der Waals surface area contributed by atoms with Crippen molar-refractivity contribution in [2.75, 3.05) is 23.4 Å². The van der Waals surface area contributed by atoms with E-state index in [1.165, 1.54) is 16.7 Å². The van der Waals surface area contributed by atoms with Crippen molar-refractivity contribution in [2.24, 2.45) is 5.73 Å². The Kier molecular flexibility index (Phi) is 6.06. The molecule has 1 amide bonds. The van der Waals surface area contributed by atoms with Crippen LogP contribution in [0.2, 0.25) is 0 Å². The lowest BCUT2D eigenvalue weighted by molar-refractivity contribution is -0.137. The second kappa shape index (κ2) is 8.24. The maximum atomic E-state index is 13.5. The van der Waals surface area contributed by atoms with Gasteiger partial charge in [0.1, 0.15) is 23.5 Å². The van der Waals surface area contributed by atoms with Gasteiger partial charge in [-0.2, -0.15) is 18.4 Å². The van der Waals surface area contributed by atoms with Gasteiger partial charge in [0.2, 0.25) is 0 Å². The number of nitrogens with zero attached hydrogens (tertiary/aromatic N) is 4. The average Bonchev–Trinajstić information content (AvgIpc) is 3.07. The highest BCUT2D eigenvalue weighted by molar-refractivity contribution is 9.10. The van der Waals surface area contributed by atoms with Gasteiger partial charge in [0, 0.05) is 35.5 Å². The largest absolute Gasteiger partial charge is 0.417 e. The molecule has 0 aliphatic carbocycles. The first-order chi connectivity index (χ1) is 14.0. The maximum absolute atomic E-state index is 13.5. The van der Waals surface area contributed by atoms with Crippen molar-refractivity contribution in [1.29, 1.82) is 5.26 Å². The summed E-state index contributed by atoms with van der Waals surface area (Å²) in [5.74, 6) is -0.552. The van der Waals surface area contributed by atoms with Crippen LogP contribution in [0.5, 0.6) is 0 Å². The third-order valence-corrected chi connectivity index (χ3v) is 5.59. The SMILES string of the molecule is Cc1cc(C(F)(F)F)c(C#N)c(N2CC[C@@H](N)[C@H]2C(=O)N(C)c2ccc(Br)cc2)n1. The number of alkyl halides is 3. The van der Waals surface area contributed by atoms with Crippen LogP contribution < -0.4 is 15.5 Å². The first-order valence-electron chi connectivity index (χ1n) is 9.09. The first-order valence-corrected chi connectivity index (χ1v) is 9.88. The van der Waals surface area contributed by atoms with Crippen LogP contribution in [0.15, 0.2) is 34.8 Å². The second-order valence-electron chi connectivity index (χ2n) is 7.08. The van der Waals surface area contributed by atoms with Gasteiger partial charge in [-0.25, -0.2) is 4.98 Å². The summed E-state index contributed by atoms with van der Waals surface area (Å²) in [6.07, 6.45) is -4.34. The number of hydrogen-bond donors (Lipinski definition) is 1. The van der Waals surface area contributed by atoms with E-state index in [9.17, 15) is 23.2 Å². The van der Waals surface area contributed by atoms with Crippen LogP contribution in [0, 0.1) is 18.3 Å². The predicted octanol–water partition coefficient (Wildman–Crippen LogP) is 3.61. The van der Waals surface area contributed by atoms with Crippen LogP contribution in [0.4, 0.5) is 24.7 Å². The average molecular weight is 482 g/mol. The van der Waals surface area contributed by atoms with Gasteiger partial charge in [-0.1, -0.05) is 15.9 Å². The molecule has 158 valence electrons. The van der Waals surface area contributed by atoms with Gasteiger partial charge < -0.3 is 15.5 Å². The van der Waals surface area contributed by atoms with Gasteiger partial charge in [0.05, 0.1) is 5.56 Å². The van der Waals surface area contributed by atoms with Gasteiger partial charge in [-0.15, -0.1) is 0 Å². The molecule has 6 nitrogen and oxygen atoms in total. The number of aromatic nitrogens is 1. The van der Waals surface area contributed by atoms with Crippen LogP contribution in [-0.4, -0.2) is 36.6 Å². The zero-order valence-electron chi connectivity index (χ0n) is 16.2. The Morgan fingerprint density at radius 3 is 2.57 bits per heavy atom. The maximum Gasteiger partial charge on any atom is 0.417 e. The van der Waals surface area contributed by atoms with E-state index in [-0.39, 0.29) is 24.0 Å². The normalized spacial score (nSPS) is 18.9. The Labute approximate surface area is 180 Å². The molecule has 3 rings (SSSR count). The standard InChI is InChI=1S/C20H19BrF3N5O/c1-11-9-15(20(22,23)24)14(10-25)18(27-11)29-8-7-16(26)17(29)19(30)28(2)13-5-3-12(21)4-6-13/h3-6,9,16-17H,7-8,26H2,1-2H3/t16-,17+/m1/s1. The fourth-order valence-corrected chi connectivity index (χ4v) is 3.82. The molecular weight excluding hydrogens is 463 g/mol. The summed E-state index contributed by atoms with van der Waals surface area (Å²) in [7, 11) is 1.57. The minimum Gasteiger partial charge on any atom is -0.342 e. The van der Waals surface area contributed by atoms with E-state index in [0.29, 0.717) is 12.1 Å². The highest BCUT2D eigenvalue weighted by Gasteiger charge is 2.43. The zero-order chi connectivity index (χ0) is 22.2. The molecule has 0 saturated carbocycles. The Morgan fingerprint density at radius 2 is 2.00 bits per heavy atom. The second-order valence-corrected chi connectivity index (χ2v) is 8.00. The van der Waals surface area contributed by atoms with Crippen LogP contribution in [0.25, 0.3) is 0 Å². The molecular formula is C20H19BrF3N5O. The monoisotopic (exact) mass is 481 g/mol. The number of carbonyl (C=O) groups is 1. The smallest absolute Gasteiger partial charge is 0.342 e. The lowest BCUT2D eigenvalue weighted by Gasteiger charge is -2.31. The number of carbonyl (C=O) groups excluding carboxylic acids is 1. The molecule has 1 aromatic heterocycles. The molecule has 0 bridgehead atoms. The highest BCUT2D eigenvalue weighted by Crippen LogP contribution is 2.37. The number of amides is 1. The number of anilines is 2. The third kappa shape index (κ3) is 4.13. The number of hydrogen-bond acceptors (Lipinski definition) is 5. The molecule has 1 aliphatic rings. The van der Waals surface area contributed by atoms with Crippen molar-refractivity contribution in [1.82, 2.24) is 4.98 Å². The number of likely N-dealkylation sites (N-methyl/N-ethyl adjacent to an activating group) is 1. The summed E-state index contributed by atoms with van der Waals surface area (Å²) in [6, 6.07) is 7.92. The van der Waals surface area contributed by atoms with E-state index in [4.69, 9.17) is 5.73 Å². The molecule has 0 spiro atoms. The van der Waals surface area contributed by atoms with E-state index in [0.717, 1.165) is 10.5 Å². The third-order valence-electron chi connectivity index (χ3n) is 5.06. The summed E-state index contributed by atoms with van der Waals surface area (Å²) in [4.78, 5) is 20.3. The van der Waals surface area contributed by atoms with E-state index in [2.05, 4.69) is 20.9 Å². The van der Waals surface area contributed by atoms with Gasteiger partial charge in [-0.05, 0) is 43.7 Å². The summed E-state index contributed by atoms with van der Waals surface area (Å²) < 4.78 is 41.3. The Hall–Kier alpha value is -2.64. The molecule has 30 heavy (non-hydrogen) atoms. The number of aryl methyl sites for hydroxylation is 1. The quantitative estimate of drug-likeness (QED) is 0.723. The number of benzene rings is 1. The lowest BCUT2D eigenvalue weighted by atomic mass is 10.1. The molecule has 2 atom stereocenters. The molecule has 2 N–H and O–H groups in total. The van der Waals surface area contributed by atoms with Gasteiger partial charge >= 0.3 is 6.18 Å². The van der Waals surface area contributed by atoms with Crippen LogP contribution in [0.1, 0.15) is 23.2 Å². The van der Waals surface area contributed by atoms with Crippen LogP contribution >= 0.6 is 15.9 Å². The fraction of sp³-hybridized carbons (Fsp3) is 0.350. The molecule has 0 unspecified atom stereocenters. The van der Waals surface area contributed by atoms with Crippen molar-refractivity contribution < 1.29 is 18.0 Å². The molecule has 10 heteroatoms. The van der Waals surface area contributed by atoms with Crippen molar-refractivity contribution in [3.05, 3.63) is 51.6 Å². The lowest BCUT2D eigenvalue weighted by Crippen LogP contribution is -2.52. The molecule has 2 heterocycles. The van der Waals surface area contributed by atoms with Gasteiger partial charge in [0.25, 0.3) is 5.91 Å². The number of nitriles is 1. The van der Waals surface area contributed by atoms with E-state index in [1.807, 2.05) is 0 Å². The molecule has 1 aromatic carbocycles. The van der Waals surface area contributed by atoms with E-state index in [1.54, 1.807) is 37.4 Å². The van der Waals surface area contributed by atoms with Crippen LogP contribution in [0.3, 0.4) is 0 Å². The molecule has 0 radical (unpaired) electrons. The summed E-state index contributed by atoms with van der Waals surface area (Å²) >= 11 is 3.33. The number of halogens is 4. The van der Waals surface area contributed by atoms with Crippen molar-refractivity contribution in [3.63, 3.8) is 0 Å².